The van der Waals surface area contributed by atoms with Crippen molar-refractivity contribution in [1.29, 1.82) is 0 Å². The van der Waals surface area contributed by atoms with Crippen LogP contribution in [0.3, 0.4) is 0 Å². The monoisotopic (exact) mass is 299 g/mol. The van der Waals surface area contributed by atoms with Crippen molar-refractivity contribution in [2.75, 3.05) is 11.4 Å². The lowest BCUT2D eigenvalue weighted by atomic mass is 10.1. The van der Waals surface area contributed by atoms with Gasteiger partial charge in [0, 0.05) is 22.7 Å². The van der Waals surface area contributed by atoms with Gasteiger partial charge in [0.25, 0.3) is 0 Å². The minimum absolute atomic E-state index is 0.316. The average molecular weight is 300 g/mol. The van der Waals surface area contributed by atoms with Crippen LogP contribution in [0.2, 0.25) is 0 Å². The maximum atomic E-state index is 11.0. The number of carboxylic acid groups (broad SMARTS) is 1. The molecule has 0 aromatic heterocycles. The van der Waals surface area contributed by atoms with Gasteiger partial charge in [-0.05, 0) is 38.5 Å². The highest BCUT2D eigenvalue weighted by Crippen LogP contribution is 2.25. The molecule has 1 rings (SSSR count). The smallest absolute Gasteiger partial charge is 0.335 e. The Hall–Kier alpha value is -1.03. The fourth-order valence-electron chi connectivity index (χ4n) is 1.83. The van der Waals surface area contributed by atoms with Crippen LogP contribution in [0.15, 0.2) is 22.7 Å². The van der Waals surface area contributed by atoms with Crippen LogP contribution < -0.4 is 4.90 Å². The lowest BCUT2D eigenvalue weighted by Gasteiger charge is -2.29. The van der Waals surface area contributed by atoms with E-state index in [0.717, 1.165) is 23.1 Å². The molecule has 0 saturated heterocycles. The quantitative estimate of drug-likeness (QED) is 0.900. The Morgan fingerprint density at radius 1 is 1.41 bits per heavy atom. The molecule has 4 heteroatoms. The first kappa shape index (κ1) is 14.0. The number of rotatable bonds is 5. The summed E-state index contributed by atoms with van der Waals surface area (Å²) in [5.74, 6) is -0.896. The first-order valence-electron chi connectivity index (χ1n) is 5.80. The van der Waals surface area contributed by atoms with Gasteiger partial charge in [0.05, 0.1) is 5.56 Å². The van der Waals surface area contributed by atoms with Gasteiger partial charge in [0.15, 0.2) is 0 Å². The van der Waals surface area contributed by atoms with Crippen molar-refractivity contribution in [3.05, 3.63) is 28.2 Å². The molecule has 0 amide bonds. The van der Waals surface area contributed by atoms with Gasteiger partial charge >= 0.3 is 5.97 Å². The van der Waals surface area contributed by atoms with Crippen LogP contribution in [0.1, 0.15) is 37.6 Å². The Morgan fingerprint density at radius 2 is 2.06 bits per heavy atom. The summed E-state index contributed by atoms with van der Waals surface area (Å²) in [6.45, 7) is 7.21. The van der Waals surface area contributed by atoms with Gasteiger partial charge in [-0.3, -0.25) is 0 Å². The fourth-order valence-corrected chi connectivity index (χ4v) is 2.31. The SMILES string of the molecule is CCC(C)N(CC)c1cc(Br)cc(C(=O)O)c1. The van der Waals surface area contributed by atoms with E-state index >= 15 is 0 Å². The van der Waals surface area contributed by atoms with Crippen molar-refractivity contribution >= 4 is 27.6 Å². The van der Waals surface area contributed by atoms with Gasteiger partial charge < -0.3 is 10.0 Å². The maximum absolute atomic E-state index is 11.0. The number of hydrogen-bond acceptors (Lipinski definition) is 2. The van der Waals surface area contributed by atoms with E-state index in [1.54, 1.807) is 12.1 Å². The number of nitrogens with zero attached hydrogens (tertiary/aromatic N) is 1. The first-order chi connectivity index (χ1) is 7.99. The van der Waals surface area contributed by atoms with E-state index < -0.39 is 5.97 Å². The van der Waals surface area contributed by atoms with Crippen LogP contribution in [-0.2, 0) is 0 Å². The minimum atomic E-state index is -0.896. The molecule has 0 heterocycles. The van der Waals surface area contributed by atoms with E-state index in [9.17, 15) is 4.79 Å². The molecular formula is C13H18BrNO2. The summed E-state index contributed by atoms with van der Waals surface area (Å²) < 4.78 is 0.800. The van der Waals surface area contributed by atoms with Crippen LogP contribution in [0, 0.1) is 0 Å². The van der Waals surface area contributed by atoms with Crippen molar-refractivity contribution in [2.24, 2.45) is 0 Å². The summed E-state index contributed by atoms with van der Waals surface area (Å²) in [5, 5.41) is 9.04. The van der Waals surface area contributed by atoms with Crippen molar-refractivity contribution in [3.63, 3.8) is 0 Å². The molecule has 94 valence electrons. The molecule has 1 aromatic rings. The second-order valence-electron chi connectivity index (χ2n) is 4.05. The van der Waals surface area contributed by atoms with Gasteiger partial charge in [0.2, 0.25) is 0 Å². The average Bonchev–Trinajstić information content (AvgIpc) is 2.28. The van der Waals surface area contributed by atoms with Crippen molar-refractivity contribution < 1.29 is 9.90 Å². The predicted molar refractivity (Wildman–Crippen MR) is 73.9 cm³/mol. The molecule has 17 heavy (non-hydrogen) atoms. The number of halogens is 1. The van der Waals surface area contributed by atoms with Gasteiger partial charge in [-0.15, -0.1) is 0 Å². The topological polar surface area (TPSA) is 40.5 Å². The van der Waals surface area contributed by atoms with Crippen LogP contribution in [-0.4, -0.2) is 23.7 Å². The van der Waals surface area contributed by atoms with Crippen molar-refractivity contribution in [3.8, 4) is 0 Å². The third-order valence-corrected chi connectivity index (χ3v) is 3.38. The number of benzene rings is 1. The second-order valence-corrected chi connectivity index (χ2v) is 4.96. The first-order valence-corrected chi connectivity index (χ1v) is 6.59. The van der Waals surface area contributed by atoms with E-state index in [0.29, 0.717) is 11.6 Å². The van der Waals surface area contributed by atoms with Crippen LogP contribution >= 0.6 is 15.9 Å². The Kier molecular flexibility index (Phi) is 5.00. The molecule has 0 aliphatic rings. The third-order valence-electron chi connectivity index (χ3n) is 2.92. The molecule has 0 saturated carbocycles. The molecule has 1 aromatic carbocycles. The normalized spacial score (nSPS) is 12.2. The molecule has 0 fully saturated rings. The van der Waals surface area contributed by atoms with Gasteiger partial charge in [-0.25, -0.2) is 4.79 Å². The molecule has 0 aliphatic carbocycles. The lowest BCUT2D eigenvalue weighted by Crippen LogP contribution is -2.32. The molecule has 1 atom stereocenters. The predicted octanol–water partition coefficient (Wildman–Crippen LogP) is 3.77. The highest BCUT2D eigenvalue weighted by molar-refractivity contribution is 9.10. The van der Waals surface area contributed by atoms with Crippen molar-refractivity contribution in [2.45, 2.75) is 33.2 Å². The number of carbonyl (C=O) groups is 1. The van der Waals surface area contributed by atoms with Gasteiger partial charge in [-0.1, -0.05) is 22.9 Å². The van der Waals surface area contributed by atoms with Crippen LogP contribution in [0.25, 0.3) is 0 Å². The summed E-state index contributed by atoms with van der Waals surface area (Å²) in [6.07, 6.45) is 1.03. The summed E-state index contributed by atoms with van der Waals surface area (Å²) >= 11 is 3.36. The molecule has 3 nitrogen and oxygen atoms in total. The van der Waals surface area contributed by atoms with E-state index in [2.05, 4.69) is 41.6 Å². The lowest BCUT2D eigenvalue weighted by molar-refractivity contribution is 0.0697. The number of hydrogen-bond donors (Lipinski definition) is 1. The van der Waals surface area contributed by atoms with Crippen LogP contribution in [0.4, 0.5) is 5.69 Å². The minimum Gasteiger partial charge on any atom is -0.478 e. The van der Waals surface area contributed by atoms with Gasteiger partial charge in [-0.2, -0.15) is 0 Å². The Balaban J connectivity index is 3.15. The summed E-state index contributed by atoms with van der Waals surface area (Å²) in [5.41, 5.74) is 1.27. The third kappa shape index (κ3) is 3.46. The molecule has 1 unspecified atom stereocenters. The Morgan fingerprint density at radius 3 is 2.53 bits per heavy atom. The molecular weight excluding hydrogens is 282 g/mol. The molecule has 0 radical (unpaired) electrons. The van der Waals surface area contributed by atoms with E-state index in [4.69, 9.17) is 5.11 Å². The zero-order chi connectivity index (χ0) is 13.0. The summed E-state index contributed by atoms with van der Waals surface area (Å²) in [7, 11) is 0. The molecule has 0 aliphatic heterocycles. The number of carboxylic acids is 1. The molecule has 0 bridgehead atoms. The van der Waals surface area contributed by atoms with E-state index in [-0.39, 0.29) is 0 Å². The zero-order valence-electron chi connectivity index (χ0n) is 10.4. The Bertz CT molecular complexity index is 406. The molecule has 1 N–H and O–H groups in total. The summed E-state index contributed by atoms with van der Waals surface area (Å²) in [6, 6.07) is 5.71. The van der Waals surface area contributed by atoms with E-state index in [1.807, 2.05) is 6.07 Å². The van der Waals surface area contributed by atoms with Crippen LogP contribution in [0.5, 0.6) is 0 Å². The maximum Gasteiger partial charge on any atom is 0.335 e. The summed E-state index contributed by atoms with van der Waals surface area (Å²) in [4.78, 5) is 13.2. The Labute approximate surface area is 111 Å². The highest BCUT2D eigenvalue weighted by atomic mass is 79.9. The van der Waals surface area contributed by atoms with Crippen molar-refractivity contribution in [1.82, 2.24) is 0 Å². The standard InChI is InChI=1S/C13H18BrNO2/c1-4-9(3)15(5-2)12-7-10(13(16)17)6-11(14)8-12/h6-9H,4-5H2,1-3H3,(H,16,17). The fraction of sp³-hybridized carbons (Fsp3) is 0.462. The number of aromatic carboxylic acids is 1. The second kappa shape index (κ2) is 6.05. The van der Waals surface area contributed by atoms with E-state index in [1.165, 1.54) is 0 Å². The van der Waals surface area contributed by atoms with Gasteiger partial charge in [0.1, 0.15) is 0 Å². The number of anilines is 1. The zero-order valence-corrected chi connectivity index (χ0v) is 12.0. The molecule has 0 spiro atoms. The highest BCUT2D eigenvalue weighted by Gasteiger charge is 2.14. The largest absolute Gasteiger partial charge is 0.478 e.